The Kier molecular flexibility index (Phi) is 0.634. The molecule has 1 atom stereocenters. The first-order valence-electron chi connectivity index (χ1n) is 2.10. The van der Waals surface area contributed by atoms with Crippen molar-refractivity contribution >= 4 is 0 Å². The summed E-state index contributed by atoms with van der Waals surface area (Å²) in [5.41, 5.74) is 0. The highest BCUT2D eigenvalue weighted by Gasteiger charge is 2.42. The average molecular weight is 90.1 g/mol. The van der Waals surface area contributed by atoms with Crippen molar-refractivity contribution < 1.29 is 9.13 Å². The van der Waals surface area contributed by atoms with Crippen LogP contribution in [0.2, 0.25) is 0 Å². The van der Waals surface area contributed by atoms with Crippen LogP contribution in [0, 0.1) is 0 Å². The first-order valence-corrected chi connectivity index (χ1v) is 2.10. The summed E-state index contributed by atoms with van der Waals surface area (Å²) in [6.07, 6.45) is 0.493. The van der Waals surface area contributed by atoms with Crippen LogP contribution in [0.3, 0.4) is 0 Å². The van der Waals surface area contributed by atoms with Crippen molar-refractivity contribution in [3.8, 4) is 0 Å². The highest BCUT2D eigenvalue weighted by molar-refractivity contribution is 4.76. The van der Waals surface area contributed by atoms with Crippen LogP contribution in [-0.4, -0.2) is 12.5 Å². The predicted octanol–water partition coefficient (Wildman–Crippen LogP) is 1.09. The van der Waals surface area contributed by atoms with E-state index < -0.39 is 5.85 Å². The first kappa shape index (κ1) is 4.06. The van der Waals surface area contributed by atoms with Gasteiger partial charge in [-0.05, 0) is 0 Å². The zero-order valence-corrected chi connectivity index (χ0v) is 3.70. The molecule has 1 fully saturated rings. The summed E-state index contributed by atoms with van der Waals surface area (Å²) in [4.78, 5) is 0. The van der Waals surface area contributed by atoms with Crippen molar-refractivity contribution in [1.29, 1.82) is 0 Å². The standard InChI is InChI=1S/C4H7FO/c1-2-4(5)3-6-4/h2-3H2,1H3. The van der Waals surface area contributed by atoms with E-state index in [1.165, 1.54) is 0 Å². The molecule has 0 amide bonds. The van der Waals surface area contributed by atoms with E-state index >= 15 is 0 Å². The minimum Gasteiger partial charge on any atom is -0.338 e. The fourth-order valence-electron chi connectivity index (χ4n) is 0.282. The number of rotatable bonds is 1. The molecule has 0 spiro atoms. The molecule has 1 nitrogen and oxygen atoms in total. The van der Waals surface area contributed by atoms with Crippen molar-refractivity contribution in [2.45, 2.75) is 19.2 Å². The van der Waals surface area contributed by atoms with Crippen molar-refractivity contribution in [2.24, 2.45) is 0 Å². The van der Waals surface area contributed by atoms with E-state index in [-0.39, 0.29) is 0 Å². The molecule has 0 aromatic carbocycles. The van der Waals surface area contributed by atoms with Crippen molar-refractivity contribution in [1.82, 2.24) is 0 Å². The molecule has 6 heavy (non-hydrogen) atoms. The number of ether oxygens (including phenoxy) is 1. The van der Waals surface area contributed by atoms with Crippen LogP contribution in [0.1, 0.15) is 13.3 Å². The summed E-state index contributed by atoms with van der Waals surface area (Å²) in [6.45, 7) is 2.08. The molecule has 36 valence electrons. The van der Waals surface area contributed by atoms with Gasteiger partial charge in [-0.25, -0.2) is 4.39 Å². The van der Waals surface area contributed by atoms with Gasteiger partial charge in [0.2, 0.25) is 5.85 Å². The lowest BCUT2D eigenvalue weighted by Gasteiger charge is -1.87. The third-order valence-corrected chi connectivity index (χ3v) is 0.986. The summed E-state index contributed by atoms with van der Waals surface area (Å²) in [5.74, 6) is -1.21. The summed E-state index contributed by atoms with van der Waals surface area (Å²) >= 11 is 0. The molecule has 1 rings (SSSR count). The van der Waals surface area contributed by atoms with Crippen LogP contribution < -0.4 is 0 Å². The van der Waals surface area contributed by atoms with Gasteiger partial charge in [0.25, 0.3) is 0 Å². The number of hydrogen-bond donors (Lipinski definition) is 0. The Bertz CT molecular complexity index is 58.6. The molecular weight excluding hydrogens is 83.0 g/mol. The number of hydrogen-bond acceptors (Lipinski definition) is 1. The Balaban J connectivity index is 2.28. The van der Waals surface area contributed by atoms with E-state index in [0.717, 1.165) is 0 Å². The Labute approximate surface area is 36.1 Å². The Morgan fingerprint density at radius 2 is 2.50 bits per heavy atom. The second-order valence-corrected chi connectivity index (χ2v) is 1.53. The van der Waals surface area contributed by atoms with Crippen molar-refractivity contribution in [3.63, 3.8) is 0 Å². The Hall–Kier alpha value is -0.110. The average Bonchev–Trinajstić information content (AvgIpc) is 2.22. The van der Waals surface area contributed by atoms with E-state index in [4.69, 9.17) is 0 Å². The van der Waals surface area contributed by atoms with Crippen LogP contribution in [0.5, 0.6) is 0 Å². The third-order valence-electron chi connectivity index (χ3n) is 0.986. The van der Waals surface area contributed by atoms with Gasteiger partial charge in [-0.15, -0.1) is 0 Å². The highest BCUT2D eigenvalue weighted by atomic mass is 19.2. The maximum atomic E-state index is 12.0. The molecule has 1 unspecified atom stereocenters. The van der Waals surface area contributed by atoms with Gasteiger partial charge in [0.1, 0.15) is 6.61 Å². The van der Waals surface area contributed by atoms with Crippen molar-refractivity contribution in [2.75, 3.05) is 6.61 Å². The molecule has 1 aliphatic rings. The SMILES string of the molecule is CCC1(F)CO1. The zero-order chi connectivity index (χ0) is 4.62. The number of epoxide rings is 1. The molecule has 1 saturated heterocycles. The lowest BCUT2D eigenvalue weighted by atomic mass is 10.3. The van der Waals surface area contributed by atoms with Gasteiger partial charge < -0.3 is 4.74 Å². The minimum absolute atomic E-state index is 0.309. The fourth-order valence-corrected chi connectivity index (χ4v) is 0.282. The molecule has 0 radical (unpaired) electrons. The zero-order valence-electron chi connectivity index (χ0n) is 3.70. The molecule has 0 aliphatic carbocycles. The van der Waals surface area contributed by atoms with Gasteiger partial charge in [-0.3, -0.25) is 0 Å². The Morgan fingerprint density at radius 3 is 2.50 bits per heavy atom. The largest absolute Gasteiger partial charge is 0.338 e. The van der Waals surface area contributed by atoms with E-state index in [0.29, 0.717) is 13.0 Å². The smallest absolute Gasteiger partial charge is 0.232 e. The summed E-state index contributed by atoms with van der Waals surface area (Å²) in [5, 5.41) is 0. The van der Waals surface area contributed by atoms with Crippen LogP contribution in [0.15, 0.2) is 0 Å². The van der Waals surface area contributed by atoms with E-state index in [9.17, 15) is 4.39 Å². The first-order chi connectivity index (χ1) is 2.77. The lowest BCUT2D eigenvalue weighted by Crippen LogP contribution is -1.95. The predicted molar refractivity (Wildman–Crippen MR) is 20.1 cm³/mol. The number of alkyl halides is 1. The summed E-state index contributed by atoms with van der Waals surface area (Å²) in [7, 11) is 0. The second kappa shape index (κ2) is 0.936. The molecule has 1 heterocycles. The van der Waals surface area contributed by atoms with E-state index in [1.807, 2.05) is 0 Å². The highest BCUT2D eigenvalue weighted by Crippen LogP contribution is 2.31. The van der Waals surface area contributed by atoms with Gasteiger partial charge in [0.05, 0.1) is 0 Å². The van der Waals surface area contributed by atoms with E-state index in [1.54, 1.807) is 6.92 Å². The van der Waals surface area contributed by atoms with Crippen LogP contribution in [0.25, 0.3) is 0 Å². The maximum Gasteiger partial charge on any atom is 0.232 e. The minimum atomic E-state index is -1.21. The Morgan fingerprint density at radius 1 is 2.00 bits per heavy atom. The third kappa shape index (κ3) is 0.522. The molecule has 2 heteroatoms. The second-order valence-electron chi connectivity index (χ2n) is 1.53. The van der Waals surface area contributed by atoms with Crippen LogP contribution >= 0.6 is 0 Å². The molecular formula is C4H7FO. The topological polar surface area (TPSA) is 12.5 Å². The molecule has 0 N–H and O–H groups in total. The van der Waals surface area contributed by atoms with Gasteiger partial charge >= 0.3 is 0 Å². The van der Waals surface area contributed by atoms with Crippen LogP contribution in [-0.2, 0) is 4.74 Å². The molecule has 0 aromatic heterocycles. The quantitative estimate of drug-likeness (QED) is 0.439. The molecule has 0 aromatic rings. The van der Waals surface area contributed by atoms with Gasteiger partial charge in [0, 0.05) is 6.42 Å². The van der Waals surface area contributed by atoms with Crippen LogP contribution in [0.4, 0.5) is 4.39 Å². The van der Waals surface area contributed by atoms with Gasteiger partial charge in [-0.2, -0.15) is 0 Å². The number of halogens is 1. The fraction of sp³-hybridized carbons (Fsp3) is 1.00. The molecule has 1 aliphatic heterocycles. The van der Waals surface area contributed by atoms with Gasteiger partial charge in [-0.1, -0.05) is 6.92 Å². The molecule has 0 bridgehead atoms. The lowest BCUT2D eigenvalue weighted by molar-refractivity contribution is 0.136. The van der Waals surface area contributed by atoms with Crippen molar-refractivity contribution in [3.05, 3.63) is 0 Å². The van der Waals surface area contributed by atoms with E-state index in [2.05, 4.69) is 4.74 Å². The van der Waals surface area contributed by atoms with Gasteiger partial charge in [0.15, 0.2) is 0 Å². The normalized spacial score (nSPS) is 43.0. The maximum absolute atomic E-state index is 12.0. The summed E-state index contributed by atoms with van der Waals surface area (Å²) in [6, 6.07) is 0. The summed E-state index contributed by atoms with van der Waals surface area (Å²) < 4.78 is 16.4. The monoisotopic (exact) mass is 90.0 g/mol. The molecule has 0 saturated carbocycles.